The highest BCUT2D eigenvalue weighted by Crippen LogP contribution is 2.31. The van der Waals surface area contributed by atoms with Gasteiger partial charge in [-0.1, -0.05) is 36.4 Å². The molecule has 0 saturated heterocycles. The molecule has 0 aliphatic heterocycles. The van der Waals surface area contributed by atoms with Gasteiger partial charge in [-0.05, 0) is 29.8 Å². The zero-order valence-electron chi connectivity index (χ0n) is 11.3. The van der Waals surface area contributed by atoms with Crippen LogP contribution in [0.5, 0.6) is 0 Å². The summed E-state index contributed by atoms with van der Waals surface area (Å²) < 4.78 is 0. The van der Waals surface area contributed by atoms with E-state index in [1.807, 2.05) is 36.4 Å². The third-order valence-electron chi connectivity index (χ3n) is 3.20. The minimum Gasteiger partial charge on any atom is -0.375 e. The maximum atomic E-state index is 5.46. The largest absolute Gasteiger partial charge is 0.375 e. The second-order valence-electron chi connectivity index (χ2n) is 4.58. The topological polar surface area (TPSA) is 101 Å². The molecule has 0 atom stereocenters. The highest BCUT2D eigenvalue weighted by molar-refractivity contribution is 7.80. The summed E-state index contributed by atoms with van der Waals surface area (Å²) in [5.41, 5.74) is 19.3. The summed E-state index contributed by atoms with van der Waals surface area (Å²) in [5.74, 6) is 0. The third-order valence-corrected chi connectivity index (χ3v) is 3.38. The Balaban J connectivity index is 2.22. The molecular weight excluding hydrogens is 316 g/mol. The van der Waals surface area contributed by atoms with Gasteiger partial charge in [-0.15, -0.1) is 0 Å². The van der Waals surface area contributed by atoms with E-state index in [4.69, 9.17) is 35.9 Å². The molecule has 1 aliphatic rings. The maximum absolute atomic E-state index is 5.46. The van der Waals surface area contributed by atoms with Crippen molar-refractivity contribution >= 4 is 56.9 Å². The first kappa shape index (κ1) is 14.4. The minimum atomic E-state index is 0.0808. The number of hydrogen-bond acceptors (Lipinski definition) is 4. The second kappa shape index (κ2) is 5.66. The SMILES string of the molecule is NC(=S)N/N=C1/C(=N/NC(N)=S)c2cccc3cccc1c23. The Morgan fingerprint density at radius 3 is 1.68 bits per heavy atom. The standard InChI is InChI=1S/C14H12N6S2/c15-13(21)19-17-11-8-5-1-3-7-4-2-6-9(10(7)8)12(11)18-20-14(16)22/h1-6H,(H3,15,19,21)(H3,16,20,22)/b17-11+,18-12+. The lowest BCUT2D eigenvalue weighted by atomic mass is 10.1. The van der Waals surface area contributed by atoms with E-state index in [0.717, 1.165) is 21.9 Å². The highest BCUT2D eigenvalue weighted by atomic mass is 32.1. The van der Waals surface area contributed by atoms with E-state index in [9.17, 15) is 0 Å². The van der Waals surface area contributed by atoms with Gasteiger partial charge in [-0.3, -0.25) is 10.9 Å². The van der Waals surface area contributed by atoms with Crippen LogP contribution in [-0.4, -0.2) is 21.6 Å². The van der Waals surface area contributed by atoms with Crippen LogP contribution in [0.15, 0.2) is 46.6 Å². The molecule has 22 heavy (non-hydrogen) atoms. The third kappa shape index (κ3) is 2.49. The molecule has 110 valence electrons. The molecular formula is C14H12N6S2. The first-order chi connectivity index (χ1) is 10.6. The molecule has 0 aromatic heterocycles. The van der Waals surface area contributed by atoms with E-state index in [1.54, 1.807) is 0 Å². The van der Waals surface area contributed by atoms with Gasteiger partial charge >= 0.3 is 0 Å². The van der Waals surface area contributed by atoms with Crippen LogP contribution in [0.3, 0.4) is 0 Å². The maximum Gasteiger partial charge on any atom is 0.184 e. The van der Waals surface area contributed by atoms with Crippen molar-refractivity contribution in [3.63, 3.8) is 0 Å². The fraction of sp³-hybridized carbons (Fsp3) is 0. The molecule has 0 heterocycles. The fourth-order valence-electron chi connectivity index (χ4n) is 2.44. The van der Waals surface area contributed by atoms with Gasteiger partial charge in [0.15, 0.2) is 10.2 Å². The van der Waals surface area contributed by atoms with Crippen molar-refractivity contribution in [2.75, 3.05) is 0 Å². The Morgan fingerprint density at radius 2 is 1.27 bits per heavy atom. The van der Waals surface area contributed by atoms with Crippen molar-refractivity contribution in [1.82, 2.24) is 10.9 Å². The van der Waals surface area contributed by atoms with Crippen molar-refractivity contribution in [1.29, 1.82) is 0 Å². The normalized spacial score (nSPS) is 16.2. The van der Waals surface area contributed by atoms with E-state index < -0.39 is 0 Å². The summed E-state index contributed by atoms with van der Waals surface area (Å²) in [5, 5.41) is 10.9. The lowest BCUT2D eigenvalue weighted by Crippen LogP contribution is -2.29. The van der Waals surface area contributed by atoms with Crippen LogP contribution < -0.4 is 22.3 Å². The second-order valence-corrected chi connectivity index (χ2v) is 5.46. The number of nitrogens with zero attached hydrogens (tertiary/aromatic N) is 2. The first-order valence-electron chi connectivity index (χ1n) is 6.37. The zero-order valence-corrected chi connectivity index (χ0v) is 13.0. The molecule has 0 unspecified atom stereocenters. The summed E-state index contributed by atoms with van der Waals surface area (Å²) in [6, 6.07) is 11.9. The number of hydrogen-bond donors (Lipinski definition) is 4. The van der Waals surface area contributed by atoms with Crippen LogP contribution in [0.2, 0.25) is 0 Å². The van der Waals surface area contributed by atoms with Gasteiger partial charge in [-0.25, -0.2) is 0 Å². The van der Waals surface area contributed by atoms with Gasteiger partial charge in [0.1, 0.15) is 11.4 Å². The van der Waals surface area contributed by atoms with Crippen molar-refractivity contribution in [2.45, 2.75) is 0 Å². The van der Waals surface area contributed by atoms with E-state index in [2.05, 4.69) is 21.1 Å². The van der Waals surface area contributed by atoms with Crippen molar-refractivity contribution in [3.05, 3.63) is 47.5 Å². The summed E-state index contributed by atoms with van der Waals surface area (Å²) in [6.45, 7) is 0. The lowest BCUT2D eigenvalue weighted by Gasteiger charge is -2.04. The molecule has 8 heteroatoms. The molecule has 6 nitrogen and oxygen atoms in total. The molecule has 2 aromatic carbocycles. The van der Waals surface area contributed by atoms with Crippen LogP contribution in [0.4, 0.5) is 0 Å². The van der Waals surface area contributed by atoms with Crippen molar-refractivity contribution < 1.29 is 0 Å². The molecule has 3 rings (SSSR count). The van der Waals surface area contributed by atoms with E-state index in [0.29, 0.717) is 11.4 Å². The van der Waals surface area contributed by atoms with Gasteiger partial charge < -0.3 is 11.5 Å². The molecule has 0 saturated carbocycles. The lowest BCUT2D eigenvalue weighted by molar-refractivity contribution is 1.02. The van der Waals surface area contributed by atoms with E-state index in [1.165, 1.54) is 0 Å². The number of benzene rings is 2. The van der Waals surface area contributed by atoms with Crippen LogP contribution in [0.25, 0.3) is 10.8 Å². The van der Waals surface area contributed by atoms with Crippen LogP contribution in [0, 0.1) is 0 Å². The van der Waals surface area contributed by atoms with Crippen molar-refractivity contribution in [3.8, 4) is 0 Å². The quantitative estimate of drug-likeness (QED) is 0.483. The Morgan fingerprint density at radius 1 is 0.818 bits per heavy atom. The molecule has 0 fully saturated rings. The van der Waals surface area contributed by atoms with Crippen LogP contribution in [0.1, 0.15) is 11.1 Å². The van der Waals surface area contributed by atoms with Crippen LogP contribution >= 0.6 is 24.4 Å². The predicted octanol–water partition coefficient (Wildman–Crippen LogP) is 0.928. The Bertz CT molecular complexity index is 789. The van der Waals surface area contributed by atoms with E-state index >= 15 is 0 Å². The number of hydrazone groups is 2. The molecule has 0 radical (unpaired) electrons. The molecule has 2 aromatic rings. The fourth-order valence-corrected chi connectivity index (χ4v) is 2.53. The van der Waals surface area contributed by atoms with Gasteiger partial charge in [0, 0.05) is 16.5 Å². The average Bonchev–Trinajstić information content (AvgIpc) is 2.79. The number of rotatable bonds is 2. The molecule has 0 amide bonds. The summed E-state index contributed by atoms with van der Waals surface area (Å²) in [7, 11) is 0. The summed E-state index contributed by atoms with van der Waals surface area (Å²) in [4.78, 5) is 0. The predicted molar refractivity (Wildman–Crippen MR) is 96.9 cm³/mol. The molecule has 0 bridgehead atoms. The Kier molecular flexibility index (Phi) is 3.70. The van der Waals surface area contributed by atoms with Gasteiger partial charge in [-0.2, -0.15) is 10.2 Å². The number of thiocarbonyl (C=S) groups is 2. The van der Waals surface area contributed by atoms with Gasteiger partial charge in [0.2, 0.25) is 0 Å². The molecule has 1 aliphatic carbocycles. The van der Waals surface area contributed by atoms with Gasteiger partial charge in [0.05, 0.1) is 0 Å². The van der Waals surface area contributed by atoms with Gasteiger partial charge in [0.25, 0.3) is 0 Å². The monoisotopic (exact) mass is 328 g/mol. The Labute approximate surface area is 137 Å². The van der Waals surface area contributed by atoms with Crippen LogP contribution in [-0.2, 0) is 0 Å². The smallest absolute Gasteiger partial charge is 0.184 e. The average molecular weight is 328 g/mol. The van der Waals surface area contributed by atoms with Crippen molar-refractivity contribution in [2.24, 2.45) is 21.7 Å². The Hall–Kier alpha value is -2.58. The zero-order chi connectivity index (χ0) is 15.7. The summed E-state index contributed by atoms with van der Waals surface area (Å²) in [6.07, 6.45) is 0. The minimum absolute atomic E-state index is 0.0808. The summed E-state index contributed by atoms with van der Waals surface area (Å²) >= 11 is 9.61. The molecule has 0 spiro atoms. The van der Waals surface area contributed by atoms with E-state index in [-0.39, 0.29) is 10.2 Å². The highest BCUT2D eigenvalue weighted by Gasteiger charge is 2.27. The number of nitrogens with two attached hydrogens (primary N) is 2. The number of nitrogens with one attached hydrogen (secondary N) is 2. The first-order valence-corrected chi connectivity index (χ1v) is 7.18. The molecule has 6 N–H and O–H groups in total.